The molecule has 2 unspecified atom stereocenters. The standard InChI is InChI=1S/C24H28N4O/c1-17-15-21(26-24(29)19-6-8-20(25-3)9-7-19)10-11-23(17)27-14-12-22(16-27)28-13-4-5-18(28)2/h6-11,15,18,22H,4-5,12-14,16H2,1-2H3,(H,26,29). The Bertz CT molecular complexity index is 931. The van der Waals surface area contributed by atoms with E-state index in [-0.39, 0.29) is 5.91 Å². The summed E-state index contributed by atoms with van der Waals surface area (Å²) in [6.07, 6.45) is 3.87. The first-order valence-corrected chi connectivity index (χ1v) is 10.5. The number of amides is 1. The van der Waals surface area contributed by atoms with Gasteiger partial charge in [0.1, 0.15) is 0 Å². The summed E-state index contributed by atoms with van der Waals surface area (Å²) < 4.78 is 0. The highest BCUT2D eigenvalue weighted by Crippen LogP contribution is 2.31. The zero-order chi connectivity index (χ0) is 20.4. The van der Waals surface area contributed by atoms with Crippen LogP contribution >= 0.6 is 0 Å². The van der Waals surface area contributed by atoms with Gasteiger partial charge in [0, 0.05) is 42.1 Å². The Morgan fingerprint density at radius 3 is 2.59 bits per heavy atom. The van der Waals surface area contributed by atoms with Crippen molar-refractivity contribution in [2.24, 2.45) is 0 Å². The lowest BCUT2D eigenvalue weighted by atomic mass is 10.1. The van der Waals surface area contributed by atoms with Gasteiger partial charge in [0.2, 0.25) is 0 Å². The van der Waals surface area contributed by atoms with E-state index in [1.807, 2.05) is 12.1 Å². The average Bonchev–Trinajstić information content (AvgIpc) is 3.37. The Balaban J connectivity index is 1.41. The van der Waals surface area contributed by atoms with E-state index in [4.69, 9.17) is 6.57 Å². The molecule has 1 amide bonds. The van der Waals surface area contributed by atoms with Crippen LogP contribution in [0.15, 0.2) is 42.5 Å². The van der Waals surface area contributed by atoms with Crippen LogP contribution in [0, 0.1) is 13.5 Å². The van der Waals surface area contributed by atoms with Crippen LogP contribution < -0.4 is 10.2 Å². The molecule has 0 saturated carbocycles. The molecular formula is C24H28N4O. The second-order valence-electron chi connectivity index (χ2n) is 8.23. The summed E-state index contributed by atoms with van der Waals surface area (Å²) in [6.45, 7) is 14.9. The zero-order valence-electron chi connectivity index (χ0n) is 17.2. The average molecular weight is 389 g/mol. The molecule has 150 valence electrons. The fourth-order valence-electron chi connectivity index (χ4n) is 4.71. The zero-order valence-corrected chi connectivity index (χ0v) is 17.2. The molecule has 2 aliphatic heterocycles. The molecule has 0 aromatic heterocycles. The maximum absolute atomic E-state index is 12.5. The number of carbonyl (C=O) groups is 1. The number of nitrogens with one attached hydrogen (secondary N) is 1. The van der Waals surface area contributed by atoms with Crippen LogP contribution in [0.25, 0.3) is 4.85 Å². The van der Waals surface area contributed by atoms with Crippen LogP contribution in [0.3, 0.4) is 0 Å². The summed E-state index contributed by atoms with van der Waals surface area (Å²) in [7, 11) is 0. The molecule has 0 aliphatic carbocycles. The summed E-state index contributed by atoms with van der Waals surface area (Å²) in [5.41, 5.74) is 4.34. The van der Waals surface area contributed by atoms with Crippen LogP contribution in [-0.4, -0.2) is 42.5 Å². The maximum atomic E-state index is 12.5. The maximum Gasteiger partial charge on any atom is 0.255 e. The predicted molar refractivity (Wildman–Crippen MR) is 118 cm³/mol. The van der Waals surface area contributed by atoms with Crippen molar-refractivity contribution in [1.29, 1.82) is 0 Å². The Morgan fingerprint density at radius 2 is 1.93 bits per heavy atom. The number of anilines is 2. The molecule has 4 rings (SSSR count). The molecule has 1 N–H and O–H groups in total. The molecule has 2 atom stereocenters. The summed E-state index contributed by atoms with van der Waals surface area (Å²) >= 11 is 0. The number of aryl methyl sites for hydroxylation is 1. The van der Waals surface area contributed by atoms with Crippen LogP contribution in [0.1, 0.15) is 42.1 Å². The van der Waals surface area contributed by atoms with Gasteiger partial charge in [0.05, 0.1) is 6.57 Å². The van der Waals surface area contributed by atoms with Crippen molar-refractivity contribution < 1.29 is 4.79 Å². The largest absolute Gasteiger partial charge is 0.370 e. The van der Waals surface area contributed by atoms with E-state index in [1.165, 1.54) is 37.1 Å². The quantitative estimate of drug-likeness (QED) is 0.760. The minimum Gasteiger partial charge on any atom is -0.370 e. The molecule has 5 heteroatoms. The van der Waals surface area contributed by atoms with Gasteiger partial charge in [0.15, 0.2) is 5.69 Å². The predicted octanol–water partition coefficient (Wildman–Crippen LogP) is 4.86. The van der Waals surface area contributed by atoms with E-state index < -0.39 is 0 Å². The van der Waals surface area contributed by atoms with Crippen molar-refractivity contribution in [3.63, 3.8) is 0 Å². The molecular weight excluding hydrogens is 360 g/mol. The molecule has 2 aromatic carbocycles. The first kappa shape index (κ1) is 19.5. The number of hydrogen-bond acceptors (Lipinski definition) is 3. The fraction of sp³-hybridized carbons (Fsp3) is 0.417. The lowest BCUT2D eigenvalue weighted by molar-refractivity contribution is 0.102. The van der Waals surface area contributed by atoms with Gasteiger partial charge in [-0.1, -0.05) is 24.3 Å². The molecule has 2 aliphatic rings. The summed E-state index contributed by atoms with van der Waals surface area (Å²) in [5, 5.41) is 2.97. The monoisotopic (exact) mass is 388 g/mol. The summed E-state index contributed by atoms with van der Waals surface area (Å²) in [5.74, 6) is -0.155. The lowest BCUT2D eigenvalue weighted by Gasteiger charge is -2.29. The minimum absolute atomic E-state index is 0.155. The van der Waals surface area contributed by atoms with Gasteiger partial charge in [-0.05, 0) is 63.4 Å². The third-order valence-corrected chi connectivity index (χ3v) is 6.29. The Morgan fingerprint density at radius 1 is 1.14 bits per heavy atom. The minimum atomic E-state index is -0.155. The number of rotatable bonds is 4. The Kier molecular flexibility index (Phi) is 5.55. The van der Waals surface area contributed by atoms with E-state index in [9.17, 15) is 4.79 Å². The highest BCUT2D eigenvalue weighted by Gasteiger charge is 2.33. The van der Waals surface area contributed by atoms with E-state index in [0.29, 0.717) is 23.3 Å². The first-order valence-electron chi connectivity index (χ1n) is 10.5. The molecule has 0 radical (unpaired) electrons. The molecule has 2 heterocycles. The van der Waals surface area contributed by atoms with Gasteiger partial charge >= 0.3 is 0 Å². The molecule has 29 heavy (non-hydrogen) atoms. The van der Waals surface area contributed by atoms with Crippen LogP contribution in [0.2, 0.25) is 0 Å². The van der Waals surface area contributed by atoms with E-state index in [2.05, 4.69) is 39.9 Å². The second kappa shape index (κ2) is 8.26. The number of nitrogens with zero attached hydrogens (tertiary/aromatic N) is 3. The number of likely N-dealkylation sites (tertiary alicyclic amines) is 1. The number of hydrogen-bond donors (Lipinski definition) is 1. The van der Waals surface area contributed by atoms with Gasteiger partial charge in [-0.3, -0.25) is 9.69 Å². The molecule has 2 aromatic rings. The third-order valence-electron chi connectivity index (χ3n) is 6.29. The number of carbonyl (C=O) groups excluding carboxylic acids is 1. The highest BCUT2D eigenvalue weighted by atomic mass is 16.1. The Hall–Kier alpha value is -2.84. The van der Waals surface area contributed by atoms with E-state index >= 15 is 0 Å². The van der Waals surface area contributed by atoms with Crippen molar-refractivity contribution in [2.75, 3.05) is 29.9 Å². The first-order chi connectivity index (χ1) is 14.0. The fourth-order valence-corrected chi connectivity index (χ4v) is 4.71. The van der Waals surface area contributed by atoms with Crippen LogP contribution in [0.5, 0.6) is 0 Å². The lowest BCUT2D eigenvalue weighted by Crippen LogP contribution is -2.39. The van der Waals surface area contributed by atoms with Crippen molar-refractivity contribution in [1.82, 2.24) is 4.90 Å². The Labute approximate surface area is 173 Å². The molecule has 2 fully saturated rings. The highest BCUT2D eigenvalue weighted by molar-refractivity contribution is 6.04. The molecule has 2 saturated heterocycles. The van der Waals surface area contributed by atoms with Crippen LogP contribution in [0.4, 0.5) is 17.1 Å². The SMILES string of the molecule is [C-]#[N+]c1ccc(C(=O)Nc2ccc(N3CCC(N4CCCC4C)C3)c(C)c2)cc1. The third kappa shape index (κ3) is 4.13. The van der Waals surface area contributed by atoms with Gasteiger partial charge in [-0.25, -0.2) is 4.85 Å². The van der Waals surface area contributed by atoms with E-state index in [1.54, 1.807) is 24.3 Å². The molecule has 0 bridgehead atoms. The van der Waals surface area contributed by atoms with Gasteiger partial charge in [-0.2, -0.15) is 0 Å². The van der Waals surface area contributed by atoms with Gasteiger partial charge in [0.25, 0.3) is 5.91 Å². The van der Waals surface area contributed by atoms with Crippen LogP contribution in [-0.2, 0) is 0 Å². The molecule has 0 spiro atoms. The van der Waals surface area contributed by atoms with Gasteiger partial charge < -0.3 is 10.2 Å². The smallest absolute Gasteiger partial charge is 0.255 e. The van der Waals surface area contributed by atoms with Crippen molar-refractivity contribution in [3.8, 4) is 0 Å². The van der Waals surface area contributed by atoms with Crippen molar-refractivity contribution in [2.45, 2.75) is 45.2 Å². The van der Waals surface area contributed by atoms with Gasteiger partial charge in [-0.15, -0.1) is 0 Å². The van der Waals surface area contributed by atoms with Crippen molar-refractivity contribution >= 4 is 23.0 Å². The van der Waals surface area contributed by atoms with Crippen molar-refractivity contribution in [3.05, 3.63) is 65.0 Å². The topological polar surface area (TPSA) is 39.9 Å². The van der Waals surface area contributed by atoms with E-state index in [0.717, 1.165) is 18.8 Å². The second-order valence-corrected chi connectivity index (χ2v) is 8.23. The number of benzene rings is 2. The summed E-state index contributed by atoms with van der Waals surface area (Å²) in [6, 6.07) is 14.2. The molecule has 5 nitrogen and oxygen atoms in total. The summed E-state index contributed by atoms with van der Waals surface area (Å²) in [4.78, 5) is 21.0. The normalized spacial score (nSPS) is 21.9.